The number of hydrogen-bond donors (Lipinski definition) is 0. The first-order valence-corrected chi connectivity index (χ1v) is 9.66. The average Bonchev–Trinajstić information content (AvgIpc) is 2.67. The van der Waals surface area contributed by atoms with Gasteiger partial charge in [0.2, 0.25) is 0 Å². The zero-order valence-electron chi connectivity index (χ0n) is 14.3. The summed E-state index contributed by atoms with van der Waals surface area (Å²) in [6.07, 6.45) is 1.62. The molecule has 0 atom stereocenters. The Balaban J connectivity index is 1.83. The smallest absolute Gasteiger partial charge is 0.269 e. The Morgan fingerprint density at radius 1 is 1.07 bits per heavy atom. The first-order chi connectivity index (χ1) is 13.4. The van der Waals surface area contributed by atoms with Crippen LogP contribution in [0, 0.1) is 15.9 Å². The molecule has 142 valence electrons. The molecule has 0 unspecified atom stereocenters. The van der Waals surface area contributed by atoms with Gasteiger partial charge in [-0.3, -0.25) is 15.1 Å². The molecular formula is C20H13Br2FN2O3. The topological polar surface area (TPSA) is 64.7 Å². The maximum atomic E-state index is 13.0. The van der Waals surface area contributed by atoms with E-state index in [2.05, 4.69) is 36.9 Å². The van der Waals surface area contributed by atoms with Crippen molar-refractivity contribution in [3.8, 4) is 5.75 Å². The molecule has 28 heavy (non-hydrogen) atoms. The van der Waals surface area contributed by atoms with Gasteiger partial charge in [0.25, 0.3) is 5.69 Å². The Labute approximate surface area is 177 Å². The van der Waals surface area contributed by atoms with E-state index in [1.165, 1.54) is 24.3 Å². The largest absolute Gasteiger partial charge is 0.487 e. The number of non-ortho nitro benzene ring substituents is 1. The molecule has 0 heterocycles. The highest BCUT2D eigenvalue weighted by molar-refractivity contribution is 9.11. The SMILES string of the molecule is O=[N+]([O-])c1ccc(N=Cc2cc(Br)cc(Br)c2OCc2ccc(F)cc2)cc1. The molecule has 0 radical (unpaired) electrons. The van der Waals surface area contributed by atoms with Gasteiger partial charge in [-0.2, -0.15) is 0 Å². The van der Waals surface area contributed by atoms with Gasteiger partial charge in [0.15, 0.2) is 0 Å². The molecule has 0 N–H and O–H groups in total. The van der Waals surface area contributed by atoms with E-state index in [0.717, 1.165) is 14.5 Å². The van der Waals surface area contributed by atoms with Crippen molar-refractivity contribution in [2.45, 2.75) is 6.61 Å². The van der Waals surface area contributed by atoms with Crippen molar-refractivity contribution in [3.05, 3.63) is 96.7 Å². The molecule has 3 rings (SSSR count). The van der Waals surface area contributed by atoms with Crippen molar-refractivity contribution in [3.63, 3.8) is 0 Å². The molecule has 0 saturated carbocycles. The number of ether oxygens (including phenoxy) is 1. The molecule has 0 bridgehead atoms. The summed E-state index contributed by atoms with van der Waals surface area (Å²) in [5.74, 6) is 0.280. The minimum Gasteiger partial charge on any atom is -0.487 e. The van der Waals surface area contributed by atoms with Crippen LogP contribution >= 0.6 is 31.9 Å². The fourth-order valence-electron chi connectivity index (χ4n) is 2.37. The zero-order chi connectivity index (χ0) is 20.1. The third kappa shape index (κ3) is 5.24. The summed E-state index contributed by atoms with van der Waals surface area (Å²) in [5, 5.41) is 10.7. The van der Waals surface area contributed by atoms with Crippen molar-refractivity contribution < 1.29 is 14.1 Å². The Hall–Kier alpha value is -2.58. The van der Waals surface area contributed by atoms with E-state index in [1.807, 2.05) is 12.1 Å². The van der Waals surface area contributed by atoms with E-state index in [1.54, 1.807) is 30.5 Å². The van der Waals surface area contributed by atoms with Crippen LogP contribution in [0.25, 0.3) is 0 Å². The second kappa shape index (κ2) is 9.07. The maximum absolute atomic E-state index is 13.0. The second-order valence-electron chi connectivity index (χ2n) is 5.75. The molecule has 5 nitrogen and oxygen atoms in total. The third-order valence-electron chi connectivity index (χ3n) is 3.75. The lowest BCUT2D eigenvalue weighted by Gasteiger charge is -2.12. The van der Waals surface area contributed by atoms with E-state index >= 15 is 0 Å². The van der Waals surface area contributed by atoms with E-state index in [4.69, 9.17) is 4.74 Å². The molecule has 0 aromatic heterocycles. The Kier molecular flexibility index (Phi) is 6.53. The van der Waals surface area contributed by atoms with Crippen LogP contribution in [-0.4, -0.2) is 11.1 Å². The number of nitro groups is 1. The molecule has 0 fully saturated rings. The summed E-state index contributed by atoms with van der Waals surface area (Å²) in [7, 11) is 0. The van der Waals surface area contributed by atoms with Crippen LogP contribution < -0.4 is 4.74 Å². The summed E-state index contributed by atoms with van der Waals surface area (Å²) in [6, 6.07) is 15.7. The van der Waals surface area contributed by atoms with Gasteiger partial charge in [-0.25, -0.2) is 4.39 Å². The van der Waals surface area contributed by atoms with Gasteiger partial charge in [-0.1, -0.05) is 28.1 Å². The molecule has 3 aromatic rings. The van der Waals surface area contributed by atoms with Gasteiger partial charge >= 0.3 is 0 Å². The Morgan fingerprint density at radius 3 is 2.39 bits per heavy atom. The molecule has 0 spiro atoms. The summed E-state index contributed by atoms with van der Waals surface area (Å²) in [5.41, 5.74) is 2.12. The number of benzene rings is 3. The predicted molar refractivity (Wildman–Crippen MR) is 113 cm³/mol. The molecule has 0 aliphatic heterocycles. The van der Waals surface area contributed by atoms with Gasteiger partial charge in [-0.05, 0) is 57.9 Å². The summed E-state index contributed by atoms with van der Waals surface area (Å²) >= 11 is 6.92. The van der Waals surface area contributed by atoms with Gasteiger partial charge in [0.1, 0.15) is 18.2 Å². The van der Waals surface area contributed by atoms with Crippen molar-refractivity contribution in [2.24, 2.45) is 4.99 Å². The van der Waals surface area contributed by atoms with Crippen LogP contribution in [-0.2, 0) is 6.61 Å². The average molecular weight is 508 g/mol. The fourth-order valence-corrected chi connectivity index (χ4v) is 3.74. The van der Waals surface area contributed by atoms with Gasteiger partial charge in [0, 0.05) is 28.4 Å². The van der Waals surface area contributed by atoms with Gasteiger partial charge < -0.3 is 4.74 Å². The van der Waals surface area contributed by atoms with Crippen LogP contribution in [0.2, 0.25) is 0 Å². The molecule has 8 heteroatoms. The lowest BCUT2D eigenvalue weighted by molar-refractivity contribution is -0.384. The standard InChI is InChI=1S/C20H13Br2FN2O3/c21-15-9-14(11-24-17-5-7-18(8-6-17)25(26)27)20(19(22)10-15)28-12-13-1-3-16(23)4-2-13/h1-11H,12H2. The fraction of sp³-hybridized carbons (Fsp3) is 0.0500. The Bertz CT molecular complexity index is 1020. The number of nitro benzene ring substituents is 1. The van der Waals surface area contributed by atoms with Crippen molar-refractivity contribution >= 4 is 49.4 Å². The normalized spacial score (nSPS) is 11.0. The molecule has 0 amide bonds. The molecule has 0 aliphatic rings. The van der Waals surface area contributed by atoms with Crippen LogP contribution in [0.3, 0.4) is 0 Å². The lowest BCUT2D eigenvalue weighted by atomic mass is 10.2. The third-order valence-corrected chi connectivity index (χ3v) is 4.79. The van der Waals surface area contributed by atoms with Crippen molar-refractivity contribution in [2.75, 3.05) is 0 Å². The van der Waals surface area contributed by atoms with E-state index in [0.29, 0.717) is 17.0 Å². The monoisotopic (exact) mass is 506 g/mol. The first kappa shape index (κ1) is 20.2. The highest BCUT2D eigenvalue weighted by atomic mass is 79.9. The van der Waals surface area contributed by atoms with E-state index in [9.17, 15) is 14.5 Å². The summed E-state index contributed by atoms with van der Waals surface area (Å²) in [6.45, 7) is 0.263. The maximum Gasteiger partial charge on any atom is 0.269 e. The summed E-state index contributed by atoms with van der Waals surface area (Å²) < 4.78 is 20.5. The van der Waals surface area contributed by atoms with Crippen molar-refractivity contribution in [1.29, 1.82) is 0 Å². The predicted octanol–water partition coefficient (Wildman–Crippen LogP) is 6.59. The molecule has 3 aromatic carbocycles. The number of nitrogens with zero attached hydrogens (tertiary/aromatic N) is 2. The molecule has 0 saturated heterocycles. The lowest BCUT2D eigenvalue weighted by Crippen LogP contribution is -2.00. The van der Waals surface area contributed by atoms with Crippen LogP contribution in [0.15, 0.2) is 74.6 Å². The number of rotatable bonds is 6. The van der Waals surface area contributed by atoms with Crippen LogP contribution in [0.4, 0.5) is 15.8 Å². The minimum atomic E-state index is -0.458. The molecular weight excluding hydrogens is 495 g/mol. The van der Waals surface area contributed by atoms with E-state index in [-0.39, 0.29) is 18.1 Å². The highest BCUT2D eigenvalue weighted by Gasteiger charge is 2.10. The molecule has 0 aliphatic carbocycles. The first-order valence-electron chi connectivity index (χ1n) is 8.07. The number of aliphatic imine (C=N–C) groups is 1. The number of halogens is 3. The second-order valence-corrected chi connectivity index (χ2v) is 7.52. The van der Waals surface area contributed by atoms with Gasteiger partial charge in [0.05, 0.1) is 15.1 Å². The summed E-state index contributed by atoms with van der Waals surface area (Å²) in [4.78, 5) is 14.6. The minimum absolute atomic E-state index is 0.00692. The van der Waals surface area contributed by atoms with E-state index < -0.39 is 4.92 Å². The van der Waals surface area contributed by atoms with Crippen molar-refractivity contribution in [1.82, 2.24) is 0 Å². The van der Waals surface area contributed by atoms with Crippen LogP contribution in [0.1, 0.15) is 11.1 Å². The quantitative estimate of drug-likeness (QED) is 0.215. The number of hydrogen-bond acceptors (Lipinski definition) is 4. The van der Waals surface area contributed by atoms with Crippen LogP contribution in [0.5, 0.6) is 5.75 Å². The highest BCUT2D eigenvalue weighted by Crippen LogP contribution is 2.33. The van der Waals surface area contributed by atoms with Gasteiger partial charge in [-0.15, -0.1) is 0 Å². The zero-order valence-corrected chi connectivity index (χ0v) is 17.5. The Morgan fingerprint density at radius 2 is 1.75 bits per heavy atom.